The fourth-order valence-electron chi connectivity index (χ4n) is 3.41. The van der Waals surface area contributed by atoms with E-state index in [1.807, 2.05) is 41.8 Å². The second-order valence-electron chi connectivity index (χ2n) is 6.63. The van der Waals surface area contributed by atoms with Crippen molar-refractivity contribution in [3.63, 3.8) is 0 Å². The molecule has 0 radical (unpaired) electrons. The highest BCUT2D eigenvalue weighted by molar-refractivity contribution is 6.32. The Bertz CT molecular complexity index is 997. The third-order valence-corrected chi connectivity index (χ3v) is 4.99. The molecule has 1 amide bonds. The van der Waals surface area contributed by atoms with Crippen LogP contribution in [-0.4, -0.2) is 30.2 Å². The third kappa shape index (κ3) is 3.74. The molecule has 4 rings (SSSR count). The van der Waals surface area contributed by atoms with E-state index in [1.165, 1.54) is 0 Å². The number of hydrogen-bond donors (Lipinski definition) is 1. The maximum absolute atomic E-state index is 12.4. The van der Waals surface area contributed by atoms with Crippen molar-refractivity contribution in [2.45, 2.75) is 19.9 Å². The lowest BCUT2D eigenvalue weighted by Gasteiger charge is -2.20. The molecule has 0 bridgehead atoms. The zero-order chi connectivity index (χ0) is 18.8. The summed E-state index contributed by atoms with van der Waals surface area (Å²) >= 11 is 6.26. The van der Waals surface area contributed by atoms with Crippen LogP contribution in [0.15, 0.2) is 42.5 Å². The number of halogens is 1. The highest BCUT2D eigenvalue weighted by atomic mass is 35.5. The van der Waals surface area contributed by atoms with E-state index in [9.17, 15) is 4.79 Å². The minimum absolute atomic E-state index is 0.0110. The van der Waals surface area contributed by atoms with Gasteiger partial charge in [0.05, 0.1) is 5.02 Å². The van der Waals surface area contributed by atoms with Crippen molar-refractivity contribution in [3.05, 3.63) is 58.7 Å². The molecule has 1 N–H and O–H groups in total. The first-order valence-electron chi connectivity index (χ1n) is 9.01. The number of hydrogen-bond acceptors (Lipinski definition) is 3. The van der Waals surface area contributed by atoms with E-state index in [1.54, 1.807) is 0 Å². The van der Waals surface area contributed by atoms with E-state index in [0.717, 1.165) is 22.2 Å². The molecule has 140 valence electrons. The van der Waals surface area contributed by atoms with Gasteiger partial charge in [-0.1, -0.05) is 29.8 Å². The fourth-order valence-corrected chi connectivity index (χ4v) is 3.70. The zero-order valence-electron chi connectivity index (χ0n) is 15.1. The van der Waals surface area contributed by atoms with Crippen LogP contribution in [-0.2, 0) is 17.8 Å². The minimum atomic E-state index is -0.0110. The van der Waals surface area contributed by atoms with Gasteiger partial charge < -0.3 is 19.4 Å². The average Bonchev–Trinajstić information content (AvgIpc) is 2.97. The van der Waals surface area contributed by atoms with Crippen molar-refractivity contribution in [2.24, 2.45) is 0 Å². The van der Waals surface area contributed by atoms with Crippen molar-refractivity contribution in [3.8, 4) is 11.5 Å². The smallest absolute Gasteiger partial charge is 0.239 e. The van der Waals surface area contributed by atoms with Crippen molar-refractivity contribution in [2.75, 3.05) is 19.8 Å². The van der Waals surface area contributed by atoms with Crippen LogP contribution in [0, 0.1) is 6.92 Å². The first-order chi connectivity index (χ1) is 13.1. The van der Waals surface area contributed by atoms with Gasteiger partial charge in [-0.2, -0.15) is 0 Å². The number of fused-ring (bicyclic) bond motifs is 2. The van der Waals surface area contributed by atoms with Crippen LogP contribution in [0.2, 0.25) is 5.02 Å². The molecule has 3 aromatic rings. The molecule has 5 nitrogen and oxygen atoms in total. The molecule has 0 spiro atoms. The predicted octanol–water partition coefficient (Wildman–Crippen LogP) is 3.73. The number of amides is 1. The summed E-state index contributed by atoms with van der Waals surface area (Å²) < 4.78 is 13.2. The summed E-state index contributed by atoms with van der Waals surface area (Å²) in [5.41, 5.74) is 3.15. The molecule has 6 heteroatoms. The number of rotatable bonds is 5. The number of nitrogens with one attached hydrogen (secondary N) is 1. The van der Waals surface area contributed by atoms with Gasteiger partial charge in [-0.25, -0.2) is 0 Å². The van der Waals surface area contributed by atoms with Gasteiger partial charge in [0.2, 0.25) is 5.91 Å². The van der Waals surface area contributed by atoms with E-state index in [4.69, 9.17) is 21.1 Å². The maximum Gasteiger partial charge on any atom is 0.239 e. The number of para-hydroxylation sites is 1. The Morgan fingerprint density at radius 1 is 1.19 bits per heavy atom. The van der Waals surface area contributed by atoms with E-state index in [2.05, 4.69) is 17.4 Å². The molecule has 1 aliphatic heterocycles. The van der Waals surface area contributed by atoms with Crippen LogP contribution >= 0.6 is 11.6 Å². The second kappa shape index (κ2) is 7.53. The molecule has 0 saturated carbocycles. The van der Waals surface area contributed by atoms with Gasteiger partial charge >= 0.3 is 0 Å². The first kappa shape index (κ1) is 17.7. The van der Waals surface area contributed by atoms with Crippen molar-refractivity contribution in [1.82, 2.24) is 9.88 Å². The number of benzene rings is 2. The van der Waals surface area contributed by atoms with E-state index < -0.39 is 0 Å². The molecule has 0 fully saturated rings. The summed E-state index contributed by atoms with van der Waals surface area (Å²) in [5, 5.41) is 4.68. The molecule has 0 aliphatic carbocycles. The molecular weight excluding hydrogens is 364 g/mol. The van der Waals surface area contributed by atoms with Crippen molar-refractivity contribution >= 4 is 28.4 Å². The number of aryl methyl sites for hydroxylation is 1. The lowest BCUT2D eigenvalue weighted by Crippen LogP contribution is -2.29. The number of carbonyl (C=O) groups is 1. The summed E-state index contributed by atoms with van der Waals surface area (Å²) in [5.74, 6) is 1.26. The Morgan fingerprint density at radius 3 is 2.89 bits per heavy atom. The number of ether oxygens (including phenoxy) is 2. The van der Waals surface area contributed by atoms with Crippen LogP contribution in [0.3, 0.4) is 0 Å². The monoisotopic (exact) mass is 384 g/mol. The molecular formula is C21H21ClN2O3. The fraction of sp³-hybridized carbons (Fsp3) is 0.286. The summed E-state index contributed by atoms with van der Waals surface area (Å²) in [7, 11) is 0. The van der Waals surface area contributed by atoms with Gasteiger partial charge in [-0.3, -0.25) is 4.79 Å². The summed E-state index contributed by atoms with van der Waals surface area (Å²) in [6.07, 6.45) is 0.674. The van der Waals surface area contributed by atoms with E-state index in [0.29, 0.717) is 49.2 Å². The third-order valence-electron chi connectivity index (χ3n) is 4.71. The van der Waals surface area contributed by atoms with Crippen LogP contribution in [0.4, 0.5) is 0 Å². The van der Waals surface area contributed by atoms with Gasteiger partial charge in [0.25, 0.3) is 0 Å². The van der Waals surface area contributed by atoms with Crippen LogP contribution < -0.4 is 14.8 Å². The first-order valence-corrected chi connectivity index (χ1v) is 9.39. The van der Waals surface area contributed by atoms with Crippen molar-refractivity contribution < 1.29 is 14.3 Å². The van der Waals surface area contributed by atoms with E-state index >= 15 is 0 Å². The Morgan fingerprint density at radius 2 is 2.00 bits per heavy atom. The quantitative estimate of drug-likeness (QED) is 0.729. The lowest BCUT2D eigenvalue weighted by molar-refractivity contribution is -0.121. The Hall–Kier alpha value is -2.66. The SMILES string of the molecule is Cc1cc2ccccc2n1CC(=O)NCCc1cc(Cl)c2c(c1)OCCO2. The largest absolute Gasteiger partial charge is 0.486 e. The normalized spacial score (nSPS) is 13.0. The second-order valence-corrected chi connectivity index (χ2v) is 7.04. The van der Waals surface area contributed by atoms with Crippen molar-refractivity contribution in [1.29, 1.82) is 0 Å². The molecule has 1 aromatic heterocycles. The van der Waals surface area contributed by atoms with Gasteiger partial charge in [0.1, 0.15) is 19.8 Å². The Labute approximate surface area is 162 Å². The van der Waals surface area contributed by atoms with E-state index in [-0.39, 0.29) is 5.91 Å². The Kier molecular flexibility index (Phi) is 4.94. The molecule has 1 aliphatic rings. The van der Waals surface area contributed by atoms with Gasteiger partial charge in [-0.15, -0.1) is 0 Å². The molecule has 0 unspecified atom stereocenters. The highest BCUT2D eigenvalue weighted by Gasteiger charge is 2.16. The maximum atomic E-state index is 12.4. The lowest BCUT2D eigenvalue weighted by atomic mass is 10.1. The zero-order valence-corrected chi connectivity index (χ0v) is 15.9. The summed E-state index contributed by atoms with van der Waals surface area (Å²) in [6, 6.07) is 14.0. The topological polar surface area (TPSA) is 52.5 Å². The molecule has 0 saturated heterocycles. The molecule has 27 heavy (non-hydrogen) atoms. The summed E-state index contributed by atoms with van der Waals surface area (Å²) in [4.78, 5) is 12.4. The van der Waals surface area contributed by atoms with Gasteiger partial charge in [-0.05, 0) is 48.6 Å². The number of carbonyl (C=O) groups excluding carboxylic acids is 1. The highest BCUT2D eigenvalue weighted by Crippen LogP contribution is 2.38. The van der Waals surface area contributed by atoms with Crippen LogP contribution in [0.1, 0.15) is 11.3 Å². The van der Waals surface area contributed by atoms with Crippen LogP contribution in [0.5, 0.6) is 11.5 Å². The molecule has 0 atom stereocenters. The molecule has 2 aromatic carbocycles. The van der Waals surface area contributed by atoms with Gasteiger partial charge in [0.15, 0.2) is 11.5 Å². The number of aromatic nitrogens is 1. The van der Waals surface area contributed by atoms with Crippen LogP contribution in [0.25, 0.3) is 10.9 Å². The summed E-state index contributed by atoms with van der Waals surface area (Å²) in [6.45, 7) is 3.89. The van der Waals surface area contributed by atoms with Gasteiger partial charge in [0, 0.05) is 17.8 Å². The predicted molar refractivity (Wildman–Crippen MR) is 106 cm³/mol. The molecule has 2 heterocycles. The minimum Gasteiger partial charge on any atom is -0.486 e. The standard InChI is InChI=1S/C21H21ClN2O3/c1-14-10-16-4-2-3-5-18(16)24(14)13-20(25)23-7-6-15-11-17(22)21-19(12-15)26-8-9-27-21/h2-5,10-12H,6-9,13H2,1H3,(H,23,25). The Balaban J connectivity index is 1.37. The average molecular weight is 385 g/mol. The number of nitrogens with zero attached hydrogens (tertiary/aromatic N) is 1.